The molecule has 1 atom stereocenters. The maximum Gasteiger partial charge on any atom is 0.181 e. The number of imidazole rings is 1. The van der Waals surface area contributed by atoms with Crippen molar-refractivity contribution in [3.05, 3.63) is 70.7 Å². The first kappa shape index (κ1) is 17.5. The van der Waals surface area contributed by atoms with E-state index in [0.29, 0.717) is 17.4 Å². The van der Waals surface area contributed by atoms with Gasteiger partial charge in [0.05, 0.1) is 22.4 Å². The molecule has 0 fully saturated rings. The Kier molecular flexibility index (Phi) is 4.30. The molecule has 29 heavy (non-hydrogen) atoms. The van der Waals surface area contributed by atoms with Gasteiger partial charge in [0.1, 0.15) is 23.4 Å². The van der Waals surface area contributed by atoms with Gasteiger partial charge < -0.3 is 15.5 Å². The molecule has 3 aromatic heterocycles. The maximum absolute atomic E-state index is 6.29. The highest BCUT2D eigenvalue weighted by molar-refractivity contribution is 7.11. The minimum atomic E-state index is -0.386. The summed E-state index contributed by atoms with van der Waals surface area (Å²) in [4.78, 5) is 17.1. The van der Waals surface area contributed by atoms with Gasteiger partial charge in [0.2, 0.25) is 0 Å². The zero-order chi connectivity index (χ0) is 19.8. The largest absolute Gasteiger partial charge is 0.457 e. The second-order valence-electron chi connectivity index (χ2n) is 6.51. The van der Waals surface area contributed by atoms with Gasteiger partial charge in [0.15, 0.2) is 5.82 Å². The van der Waals surface area contributed by atoms with E-state index < -0.39 is 0 Å². The van der Waals surface area contributed by atoms with Gasteiger partial charge in [0.25, 0.3) is 0 Å². The number of aromatic nitrogens is 6. The van der Waals surface area contributed by atoms with Crippen molar-refractivity contribution in [2.45, 2.75) is 13.0 Å². The number of hydrogen-bond donors (Lipinski definition) is 3. The smallest absolute Gasteiger partial charge is 0.181 e. The molecule has 144 valence electrons. The minimum absolute atomic E-state index is 0.386. The van der Waals surface area contributed by atoms with Gasteiger partial charge in [-0.2, -0.15) is 5.10 Å². The van der Waals surface area contributed by atoms with Crippen molar-refractivity contribution in [3.8, 4) is 22.9 Å². The Morgan fingerprint density at radius 2 is 2.00 bits per heavy atom. The van der Waals surface area contributed by atoms with E-state index in [1.165, 1.54) is 0 Å². The van der Waals surface area contributed by atoms with Crippen LogP contribution >= 0.6 is 11.3 Å². The molecule has 5 aromatic rings. The summed E-state index contributed by atoms with van der Waals surface area (Å²) in [7, 11) is 0. The van der Waals surface area contributed by atoms with Crippen LogP contribution in [0.4, 0.5) is 0 Å². The number of fused-ring (bicyclic) bond motifs is 1. The molecule has 0 amide bonds. The molecule has 9 heteroatoms. The standard InChI is InChI=1S/C20H17N7OS/c1-11-22-9-17(29-11)18(21)20-25-19(26-27-20)12-3-2-4-13(7-12)28-14-5-6-15-16(8-14)24-10-23-15/h2-10,18H,21H2,1H3,(H,23,24)(H,25,26,27). The van der Waals surface area contributed by atoms with Crippen LogP contribution in [0, 0.1) is 6.92 Å². The van der Waals surface area contributed by atoms with E-state index in [4.69, 9.17) is 10.5 Å². The second-order valence-corrected chi connectivity index (χ2v) is 7.78. The van der Waals surface area contributed by atoms with Gasteiger partial charge in [-0.05, 0) is 31.2 Å². The lowest BCUT2D eigenvalue weighted by molar-refractivity contribution is 0.483. The van der Waals surface area contributed by atoms with Crippen molar-refractivity contribution in [2.24, 2.45) is 5.73 Å². The third-order valence-corrected chi connectivity index (χ3v) is 5.46. The van der Waals surface area contributed by atoms with Gasteiger partial charge in [-0.15, -0.1) is 11.3 Å². The molecule has 0 bridgehead atoms. The van der Waals surface area contributed by atoms with Gasteiger partial charge >= 0.3 is 0 Å². The molecule has 2 aromatic carbocycles. The third kappa shape index (κ3) is 3.48. The van der Waals surface area contributed by atoms with Crippen LogP contribution in [0.15, 0.2) is 55.0 Å². The number of aromatic amines is 2. The fourth-order valence-electron chi connectivity index (χ4n) is 3.01. The van der Waals surface area contributed by atoms with E-state index in [1.54, 1.807) is 23.9 Å². The SMILES string of the molecule is Cc1ncc(C(N)c2nc(-c3cccc(Oc4ccc5nc[nH]c5c4)c3)n[nH]2)s1. The summed E-state index contributed by atoms with van der Waals surface area (Å²) in [6.07, 6.45) is 3.44. The Balaban J connectivity index is 1.39. The molecule has 1 unspecified atom stereocenters. The average molecular weight is 403 g/mol. The van der Waals surface area contributed by atoms with Crippen molar-refractivity contribution >= 4 is 22.4 Å². The van der Waals surface area contributed by atoms with Crippen LogP contribution in [0.3, 0.4) is 0 Å². The van der Waals surface area contributed by atoms with Gasteiger partial charge in [-0.3, -0.25) is 5.10 Å². The summed E-state index contributed by atoms with van der Waals surface area (Å²) in [6.45, 7) is 1.95. The predicted molar refractivity (Wildman–Crippen MR) is 111 cm³/mol. The van der Waals surface area contributed by atoms with Crippen LogP contribution in [-0.4, -0.2) is 30.1 Å². The normalized spacial score (nSPS) is 12.3. The van der Waals surface area contributed by atoms with Crippen molar-refractivity contribution in [1.29, 1.82) is 0 Å². The average Bonchev–Trinajstić information content (AvgIpc) is 3.48. The number of ether oxygens (including phenoxy) is 1. The number of rotatable bonds is 5. The monoisotopic (exact) mass is 403 g/mol. The van der Waals surface area contributed by atoms with E-state index in [1.807, 2.05) is 49.4 Å². The predicted octanol–water partition coefficient (Wildman–Crippen LogP) is 3.95. The Morgan fingerprint density at radius 1 is 1.10 bits per heavy atom. The highest BCUT2D eigenvalue weighted by atomic mass is 32.1. The Bertz CT molecular complexity index is 1290. The van der Waals surface area contributed by atoms with E-state index >= 15 is 0 Å². The molecule has 0 aliphatic carbocycles. The maximum atomic E-state index is 6.29. The molecular formula is C20H17N7OS. The first-order valence-corrected chi connectivity index (χ1v) is 9.79. The van der Waals surface area contributed by atoms with Crippen molar-refractivity contribution < 1.29 is 4.74 Å². The first-order chi connectivity index (χ1) is 14.2. The molecule has 0 aliphatic heterocycles. The summed E-state index contributed by atoms with van der Waals surface area (Å²) < 4.78 is 6.00. The van der Waals surface area contributed by atoms with E-state index in [9.17, 15) is 0 Å². The molecule has 0 aliphatic rings. The zero-order valence-electron chi connectivity index (χ0n) is 15.5. The summed E-state index contributed by atoms with van der Waals surface area (Å²) >= 11 is 1.55. The fourth-order valence-corrected chi connectivity index (χ4v) is 3.80. The van der Waals surface area contributed by atoms with E-state index in [2.05, 4.69) is 30.1 Å². The fraction of sp³-hybridized carbons (Fsp3) is 0.100. The molecule has 0 radical (unpaired) electrons. The first-order valence-electron chi connectivity index (χ1n) is 8.97. The van der Waals surface area contributed by atoms with Crippen LogP contribution in [0.2, 0.25) is 0 Å². The Morgan fingerprint density at radius 3 is 2.86 bits per heavy atom. The Labute approximate surface area is 169 Å². The quantitative estimate of drug-likeness (QED) is 0.409. The zero-order valence-corrected chi connectivity index (χ0v) is 16.3. The van der Waals surface area contributed by atoms with Crippen LogP contribution in [0.1, 0.15) is 21.8 Å². The van der Waals surface area contributed by atoms with E-state index in [-0.39, 0.29) is 6.04 Å². The molecule has 8 nitrogen and oxygen atoms in total. The molecule has 0 saturated carbocycles. The summed E-state index contributed by atoms with van der Waals surface area (Å²) in [5, 5.41) is 8.23. The summed E-state index contributed by atoms with van der Waals surface area (Å²) in [5.74, 6) is 2.57. The molecule has 3 heterocycles. The van der Waals surface area contributed by atoms with Crippen molar-refractivity contribution in [1.82, 2.24) is 30.1 Å². The second kappa shape index (κ2) is 7.12. The molecule has 5 rings (SSSR count). The van der Waals surface area contributed by atoms with E-state index in [0.717, 1.165) is 32.2 Å². The third-order valence-electron chi connectivity index (χ3n) is 4.46. The number of H-pyrrole nitrogens is 2. The highest BCUT2D eigenvalue weighted by Gasteiger charge is 2.17. The topological polar surface area (TPSA) is 118 Å². The molecule has 4 N–H and O–H groups in total. The number of benzene rings is 2. The van der Waals surface area contributed by atoms with Crippen LogP contribution in [0.5, 0.6) is 11.5 Å². The molecular weight excluding hydrogens is 386 g/mol. The van der Waals surface area contributed by atoms with Crippen molar-refractivity contribution in [3.63, 3.8) is 0 Å². The number of nitrogens with one attached hydrogen (secondary N) is 2. The van der Waals surface area contributed by atoms with Crippen LogP contribution < -0.4 is 10.5 Å². The summed E-state index contributed by atoms with van der Waals surface area (Å²) in [6, 6.07) is 12.9. The van der Waals surface area contributed by atoms with Gasteiger partial charge in [-0.25, -0.2) is 15.0 Å². The van der Waals surface area contributed by atoms with Gasteiger partial charge in [-0.1, -0.05) is 12.1 Å². The molecule has 0 saturated heterocycles. The number of nitrogens with zero attached hydrogens (tertiary/aromatic N) is 4. The number of aryl methyl sites for hydroxylation is 1. The van der Waals surface area contributed by atoms with Crippen LogP contribution in [-0.2, 0) is 0 Å². The molecule has 0 spiro atoms. The number of thiazole rings is 1. The lowest BCUT2D eigenvalue weighted by Crippen LogP contribution is -2.12. The lowest BCUT2D eigenvalue weighted by Gasteiger charge is -2.07. The number of hydrogen-bond acceptors (Lipinski definition) is 7. The summed E-state index contributed by atoms with van der Waals surface area (Å²) in [5.41, 5.74) is 8.94. The van der Waals surface area contributed by atoms with Gasteiger partial charge in [0, 0.05) is 22.7 Å². The highest BCUT2D eigenvalue weighted by Crippen LogP contribution is 2.28. The van der Waals surface area contributed by atoms with Crippen LogP contribution in [0.25, 0.3) is 22.4 Å². The lowest BCUT2D eigenvalue weighted by atomic mass is 10.2. The minimum Gasteiger partial charge on any atom is -0.457 e. The van der Waals surface area contributed by atoms with Crippen molar-refractivity contribution in [2.75, 3.05) is 0 Å². The number of nitrogens with two attached hydrogens (primary N) is 1. The Hall–Kier alpha value is -3.56.